The quantitative estimate of drug-likeness (QED) is 0.628. The first-order chi connectivity index (χ1) is 14.5. The maximum atomic E-state index is 12.6. The number of phenolic OH excluding ortho intramolecular Hbond substituents is 1. The molecule has 1 saturated heterocycles. The second-order valence-electron chi connectivity index (χ2n) is 7.09. The number of piperidine rings is 1. The predicted molar refractivity (Wildman–Crippen MR) is 117 cm³/mol. The molecule has 1 aromatic heterocycles. The van der Waals surface area contributed by atoms with Gasteiger partial charge in [0.2, 0.25) is 5.95 Å². The zero-order chi connectivity index (χ0) is 21.3. The zero-order valence-electron chi connectivity index (χ0n) is 16.2. The van der Waals surface area contributed by atoms with Crippen molar-refractivity contribution >= 4 is 46.0 Å². The Morgan fingerprint density at radius 3 is 2.77 bits per heavy atom. The number of amides is 1. The normalized spacial score (nSPS) is 14.7. The van der Waals surface area contributed by atoms with E-state index in [9.17, 15) is 9.90 Å². The van der Waals surface area contributed by atoms with Crippen LogP contribution < -0.4 is 15.0 Å². The standard InChI is InChI=1S/C21H20Cl2N4O3/c1-30-17-4-2-3-12-11-24-21(26-18(12)17)27-7-5-14(6-8-27)25-20(29)15-9-13(22)10-16(23)19(15)28/h2-4,9-11,14,28H,5-8H2,1H3,(H,25,29). The van der Waals surface area contributed by atoms with Gasteiger partial charge in [0.15, 0.2) is 0 Å². The second kappa shape index (κ2) is 8.53. The van der Waals surface area contributed by atoms with Crippen LogP contribution in [0.15, 0.2) is 36.5 Å². The molecule has 0 atom stereocenters. The minimum atomic E-state index is -0.401. The number of aromatic nitrogens is 2. The average molecular weight is 447 g/mol. The highest BCUT2D eigenvalue weighted by Gasteiger charge is 2.24. The molecule has 0 bridgehead atoms. The number of anilines is 1. The van der Waals surface area contributed by atoms with E-state index in [4.69, 9.17) is 27.9 Å². The van der Waals surface area contributed by atoms with Crippen molar-refractivity contribution in [1.82, 2.24) is 15.3 Å². The van der Waals surface area contributed by atoms with Crippen LogP contribution in [0.25, 0.3) is 10.9 Å². The van der Waals surface area contributed by atoms with Crippen LogP contribution in [0.3, 0.4) is 0 Å². The Bertz CT molecular complexity index is 1100. The third-order valence-electron chi connectivity index (χ3n) is 5.17. The molecule has 1 aliphatic rings. The fraction of sp³-hybridized carbons (Fsp3) is 0.286. The lowest BCUT2D eigenvalue weighted by molar-refractivity contribution is 0.0928. The Morgan fingerprint density at radius 1 is 1.27 bits per heavy atom. The van der Waals surface area contributed by atoms with Crippen molar-refractivity contribution in [2.45, 2.75) is 18.9 Å². The molecule has 3 aromatic rings. The molecule has 30 heavy (non-hydrogen) atoms. The number of methoxy groups -OCH3 is 1. The van der Waals surface area contributed by atoms with Crippen LogP contribution in [0.2, 0.25) is 10.0 Å². The van der Waals surface area contributed by atoms with Crippen molar-refractivity contribution in [3.8, 4) is 11.5 Å². The molecule has 1 amide bonds. The van der Waals surface area contributed by atoms with Gasteiger partial charge in [0.1, 0.15) is 17.0 Å². The van der Waals surface area contributed by atoms with Crippen LogP contribution >= 0.6 is 23.2 Å². The van der Waals surface area contributed by atoms with E-state index in [0.29, 0.717) is 42.7 Å². The number of phenols is 1. The summed E-state index contributed by atoms with van der Waals surface area (Å²) >= 11 is 11.9. The number of carbonyl (C=O) groups is 1. The molecule has 0 aliphatic carbocycles. The van der Waals surface area contributed by atoms with Crippen LogP contribution in [0.5, 0.6) is 11.5 Å². The lowest BCUT2D eigenvalue weighted by Crippen LogP contribution is -2.45. The van der Waals surface area contributed by atoms with Gasteiger partial charge < -0.3 is 20.1 Å². The van der Waals surface area contributed by atoms with E-state index in [0.717, 1.165) is 10.9 Å². The summed E-state index contributed by atoms with van der Waals surface area (Å²) in [5.74, 6) is 0.672. The van der Waals surface area contributed by atoms with E-state index in [1.165, 1.54) is 12.1 Å². The van der Waals surface area contributed by atoms with E-state index in [-0.39, 0.29) is 22.4 Å². The molecule has 7 nitrogen and oxygen atoms in total. The van der Waals surface area contributed by atoms with E-state index >= 15 is 0 Å². The van der Waals surface area contributed by atoms with Crippen LogP contribution in [-0.2, 0) is 0 Å². The maximum Gasteiger partial charge on any atom is 0.255 e. The molecular weight excluding hydrogens is 427 g/mol. The number of fused-ring (bicyclic) bond motifs is 1. The number of benzene rings is 2. The van der Waals surface area contributed by atoms with Gasteiger partial charge >= 0.3 is 0 Å². The minimum absolute atomic E-state index is 0.0408. The van der Waals surface area contributed by atoms with Gasteiger partial charge in [-0.15, -0.1) is 0 Å². The monoisotopic (exact) mass is 446 g/mol. The van der Waals surface area contributed by atoms with E-state index in [1.54, 1.807) is 13.3 Å². The molecule has 1 fully saturated rings. The van der Waals surface area contributed by atoms with E-state index in [2.05, 4.69) is 20.2 Å². The lowest BCUT2D eigenvalue weighted by atomic mass is 10.0. The Kier molecular flexibility index (Phi) is 5.83. The minimum Gasteiger partial charge on any atom is -0.506 e. The van der Waals surface area contributed by atoms with Crippen molar-refractivity contribution in [3.63, 3.8) is 0 Å². The molecular formula is C21H20Cl2N4O3. The molecule has 2 heterocycles. The van der Waals surface area contributed by atoms with E-state index < -0.39 is 5.91 Å². The number of nitrogens with one attached hydrogen (secondary N) is 1. The molecule has 156 valence electrons. The number of carbonyl (C=O) groups excluding carboxylic acids is 1. The third-order valence-corrected chi connectivity index (χ3v) is 5.67. The Hall–Kier alpha value is -2.77. The summed E-state index contributed by atoms with van der Waals surface area (Å²) in [7, 11) is 1.62. The smallest absolute Gasteiger partial charge is 0.255 e. The number of para-hydroxylation sites is 1. The molecule has 2 N–H and O–H groups in total. The summed E-state index contributed by atoms with van der Waals surface area (Å²) in [6.45, 7) is 1.38. The second-order valence-corrected chi connectivity index (χ2v) is 7.93. The van der Waals surface area contributed by atoms with Crippen molar-refractivity contribution < 1.29 is 14.6 Å². The number of hydrogen-bond acceptors (Lipinski definition) is 6. The Labute approximate surface area is 183 Å². The summed E-state index contributed by atoms with van der Waals surface area (Å²) in [6.07, 6.45) is 3.22. The van der Waals surface area contributed by atoms with E-state index in [1.807, 2.05) is 18.2 Å². The van der Waals surface area contributed by atoms with Crippen molar-refractivity contribution in [3.05, 3.63) is 52.1 Å². The van der Waals surface area contributed by atoms with Gasteiger partial charge in [-0.25, -0.2) is 9.97 Å². The number of ether oxygens (including phenoxy) is 1. The summed E-state index contributed by atoms with van der Waals surface area (Å²) in [6, 6.07) is 8.49. The Morgan fingerprint density at radius 2 is 2.03 bits per heavy atom. The predicted octanol–water partition coefficient (Wildman–Crippen LogP) is 4.05. The van der Waals surface area contributed by atoms with Gasteiger partial charge in [-0.05, 0) is 31.0 Å². The molecule has 9 heteroatoms. The molecule has 2 aromatic carbocycles. The first kappa shape index (κ1) is 20.5. The van der Waals surface area contributed by atoms with Gasteiger partial charge in [0, 0.05) is 35.7 Å². The molecule has 0 saturated carbocycles. The summed E-state index contributed by atoms with van der Waals surface area (Å²) in [4.78, 5) is 23.8. The number of nitrogens with zero attached hydrogens (tertiary/aromatic N) is 3. The van der Waals surface area contributed by atoms with Crippen LogP contribution in [0, 0.1) is 0 Å². The topological polar surface area (TPSA) is 87.6 Å². The highest BCUT2D eigenvalue weighted by Crippen LogP contribution is 2.31. The summed E-state index contributed by atoms with van der Waals surface area (Å²) in [5, 5.41) is 14.3. The van der Waals surface area contributed by atoms with Gasteiger partial charge in [0.25, 0.3) is 5.91 Å². The lowest BCUT2D eigenvalue weighted by Gasteiger charge is -2.32. The first-order valence-corrected chi connectivity index (χ1v) is 10.3. The Balaban J connectivity index is 1.43. The molecule has 0 spiro atoms. The van der Waals surface area contributed by atoms with Gasteiger partial charge in [-0.1, -0.05) is 35.3 Å². The van der Waals surface area contributed by atoms with Crippen molar-refractivity contribution in [1.29, 1.82) is 0 Å². The molecule has 1 aliphatic heterocycles. The third kappa shape index (κ3) is 4.08. The molecule has 0 unspecified atom stereocenters. The number of aromatic hydroxyl groups is 1. The zero-order valence-corrected chi connectivity index (χ0v) is 17.7. The molecule has 0 radical (unpaired) electrons. The van der Waals surface area contributed by atoms with Crippen LogP contribution in [0.4, 0.5) is 5.95 Å². The van der Waals surface area contributed by atoms with Crippen LogP contribution in [-0.4, -0.2) is 47.2 Å². The highest BCUT2D eigenvalue weighted by molar-refractivity contribution is 6.36. The average Bonchev–Trinajstić information content (AvgIpc) is 2.76. The SMILES string of the molecule is COc1cccc2cnc(N3CCC(NC(=O)c4cc(Cl)cc(Cl)c4O)CC3)nc12. The number of rotatable bonds is 4. The summed E-state index contributed by atoms with van der Waals surface area (Å²) in [5.41, 5.74) is 0.841. The molecule has 4 rings (SSSR count). The highest BCUT2D eigenvalue weighted by atomic mass is 35.5. The van der Waals surface area contributed by atoms with Crippen molar-refractivity contribution in [2.24, 2.45) is 0 Å². The van der Waals surface area contributed by atoms with Gasteiger partial charge in [0.05, 0.1) is 17.7 Å². The van der Waals surface area contributed by atoms with Gasteiger partial charge in [-0.2, -0.15) is 0 Å². The van der Waals surface area contributed by atoms with Crippen molar-refractivity contribution in [2.75, 3.05) is 25.1 Å². The number of hydrogen-bond donors (Lipinski definition) is 2. The van der Waals surface area contributed by atoms with Gasteiger partial charge in [-0.3, -0.25) is 4.79 Å². The number of halogens is 2. The first-order valence-electron chi connectivity index (χ1n) is 9.50. The fourth-order valence-corrected chi connectivity index (χ4v) is 4.06. The van der Waals surface area contributed by atoms with Crippen LogP contribution in [0.1, 0.15) is 23.2 Å². The largest absolute Gasteiger partial charge is 0.506 e. The summed E-state index contributed by atoms with van der Waals surface area (Å²) < 4.78 is 5.40. The fourth-order valence-electron chi connectivity index (χ4n) is 3.56. The maximum absolute atomic E-state index is 12.6.